The van der Waals surface area contributed by atoms with E-state index in [4.69, 9.17) is 0 Å². The van der Waals surface area contributed by atoms with E-state index >= 15 is 0 Å². The van der Waals surface area contributed by atoms with E-state index in [9.17, 15) is 9.90 Å². The second-order valence-corrected chi connectivity index (χ2v) is 9.69. The lowest BCUT2D eigenvalue weighted by molar-refractivity contribution is -0.125. The van der Waals surface area contributed by atoms with E-state index in [1.807, 2.05) is 62.2 Å². The second-order valence-electron chi connectivity index (χ2n) is 9.69. The lowest BCUT2D eigenvalue weighted by Crippen LogP contribution is -2.47. The normalized spacial score (nSPS) is 18.6. The van der Waals surface area contributed by atoms with Crippen molar-refractivity contribution in [2.24, 2.45) is 5.41 Å². The summed E-state index contributed by atoms with van der Waals surface area (Å²) in [5.74, 6) is 1.18. The van der Waals surface area contributed by atoms with Crippen LogP contribution in [0.4, 0.5) is 11.5 Å². The SMILES string of the molecule is CC(C)(C)C(=O)N1CCCc2cc(C(O)CN3CCN(c4ccccn4)CC3)ccc21. The van der Waals surface area contributed by atoms with Crippen LogP contribution < -0.4 is 9.80 Å². The van der Waals surface area contributed by atoms with Gasteiger partial charge in [0.05, 0.1) is 6.10 Å². The van der Waals surface area contributed by atoms with Crippen LogP contribution in [-0.2, 0) is 11.2 Å². The molecule has 0 saturated carbocycles. The Morgan fingerprint density at radius 3 is 2.55 bits per heavy atom. The summed E-state index contributed by atoms with van der Waals surface area (Å²) in [6.07, 6.45) is 3.22. The van der Waals surface area contributed by atoms with E-state index in [0.29, 0.717) is 6.54 Å². The predicted octanol–water partition coefficient (Wildman–Crippen LogP) is 3.26. The zero-order valence-electron chi connectivity index (χ0n) is 18.9. The average molecular weight is 423 g/mol. The molecule has 0 aliphatic carbocycles. The highest BCUT2D eigenvalue weighted by Gasteiger charge is 2.31. The number of piperazine rings is 1. The Bertz CT molecular complexity index is 901. The maximum Gasteiger partial charge on any atom is 0.232 e. The Balaban J connectivity index is 1.39. The van der Waals surface area contributed by atoms with Gasteiger partial charge in [0.25, 0.3) is 0 Å². The van der Waals surface area contributed by atoms with Crippen molar-refractivity contribution in [1.82, 2.24) is 9.88 Å². The van der Waals surface area contributed by atoms with Gasteiger partial charge in [0.15, 0.2) is 0 Å². The molecule has 0 radical (unpaired) electrons. The molecule has 1 saturated heterocycles. The number of rotatable bonds is 4. The molecular weight excluding hydrogens is 388 g/mol. The zero-order valence-corrected chi connectivity index (χ0v) is 18.9. The molecule has 0 spiro atoms. The molecule has 1 unspecified atom stereocenters. The number of amides is 1. The van der Waals surface area contributed by atoms with Gasteiger partial charge in [-0.25, -0.2) is 4.98 Å². The molecule has 6 heteroatoms. The Morgan fingerprint density at radius 1 is 1.10 bits per heavy atom. The molecule has 31 heavy (non-hydrogen) atoms. The molecule has 1 fully saturated rings. The van der Waals surface area contributed by atoms with Crippen LogP contribution >= 0.6 is 0 Å². The van der Waals surface area contributed by atoms with Crippen molar-refractivity contribution in [3.63, 3.8) is 0 Å². The van der Waals surface area contributed by atoms with Crippen molar-refractivity contribution in [1.29, 1.82) is 0 Å². The number of aliphatic hydroxyl groups is 1. The van der Waals surface area contributed by atoms with Gasteiger partial charge < -0.3 is 14.9 Å². The molecule has 0 bridgehead atoms. The summed E-state index contributed by atoms with van der Waals surface area (Å²) >= 11 is 0. The number of fused-ring (bicyclic) bond motifs is 1. The van der Waals surface area contributed by atoms with Crippen LogP contribution in [0.15, 0.2) is 42.6 Å². The molecule has 166 valence electrons. The van der Waals surface area contributed by atoms with E-state index in [1.165, 1.54) is 5.56 Å². The molecule has 6 nitrogen and oxygen atoms in total. The maximum atomic E-state index is 12.9. The zero-order chi connectivity index (χ0) is 22.0. The van der Waals surface area contributed by atoms with Gasteiger partial charge in [-0.3, -0.25) is 9.69 Å². The summed E-state index contributed by atoms with van der Waals surface area (Å²) in [4.78, 5) is 23.8. The van der Waals surface area contributed by atoms with Crippen molar-refractivity contribution in [3.8, 4) is 0 Å². The number of aliphatic hydroxyl groups excluding tert-OH is 1. The third-order valence-electron chi connectivity index (χ3n) is 6.27. The quantitative estimate of drug-likeness (QED) is 0.820. The first-order valence-electron chi connectivity index (χ1n) is 11.3. The highest BCUT2D eigenvalue weighted by atomic mass is 16.3. The monoisotopic (exact) mass is 422 g/mol. The van der Waals surface area contributed by atoms with Crippen molar-refractivity contribution in [2.45, 2.75) is 39.7 Å². The van der Waals surface area contributed by atoms with E-state index in [-0.39, 0.29) is 5.91 Å². The van der Waals surface area contributed by atoms with E-state index in [2.05, 4.69) is 20.9 Å². The van der Waals surface area contributed by atoms with Gasteiger partial charge in [0.1, 0.15) is 5.82 Å². The molecule has 1 aromatic carbocycles. The van der Waals surface area contributed by atoms with Crippen LogP contribution in [0.25, 0.3) is 0 Å². The number of benzene rings is 1. The summed E-state index contributed by atoms with van der Waals surface area (Å²) < 4.78 is 0. The van der Waals surface area contributed by atoms with E-state index in [0.717, 1.165) is 62.6 Å². The van der Waals surface area contributed by atoms with Gasteiger partial charge >= 0.3 is 0 Å². The minimum absolute atomic E-state index is 0.160. The number of hydrogen-bond donors (Lipinski definition) is 1. The van der Waals surface area contributed by atoms with Gasteiger partial charge in [-0.2, -0.15) is 0 Å². The van der Waals surface area contributed by atoms with Crippen molar-refractivity contribution in [3.05, 3.63) is 53.7 Å². The fourth-order valence-electron chi connectivity index (χ4n) is 4.49. The minimum Gasteiger partial charge on any atom is -0.387 e. The number of carbonyl (C=O) groups excluding carboxylic acids is 1. The number of aromatic nitrogens is 1. The Kier molecular flexibility index (Phi) is 6.30. The van der Waals surface area contributed by atoms with Crippen molar-refractivity contribution < 1.29 is 9.90 Å². The predicted molar refractivity (Wildman–Crippen MR) is 124 cm³/mol. The first kappa shape index (κ1) is 21.8. The molecule has 2 aromatic rings. The molecule has 1 aromatic heterocycles. The Morgan fingerprint density at radius 2 is 1.87 bits per heavy atom. The maximum absolute atomic E-state index is 12.9. The van der Waals surface area contributed by atoms with Gasteiger partial charge in [-0.1, -0.05) is 39.0 Å². The first-order chi connectivity index (χ1) is 14.8. The fourth-order valence-corrected chi connectivity index (χ4v) is 4.49. The standard InChI is InChI=1S/C25H34N4O2/c1-25(2,3)24(31)29-12-6-7-19-17-20(9-10-21(19)29)22(30)18-27-13-15-28(16-14-27)23-8-4-5-11-26-23/h4-5,8-11,17,22,30H,6-7,12-16,18H2,1-3H3. The first-order valence-corrected chi connectivity index (χ1v) is 11.3. The largest absolute Gasteiger partial charge is 0.387 e. The highest BCUT2D eigenvalue weighted by Crippen LogP contribution is 2.33. The summed E-state index contributed by atoms with van der Waals surface area (Å²) in [6, 6.07) is 12.1. The van der Waals surface area contributed by atoms with Crippen LogP contribution in [-0.4, -0.2) is 60.2 Å². The molecule has 2 aliphatic heterocycles. The van der Waals surface area contributed by atoms with Crippen molar-refractivity contribution >= 4 is 17.4 Å². The second kappa shape index (κ2) is 8.97. The number of nitrogens with zero attached hydrogens (tertiary/aromatic N) is 4. The highest BCUT2D eigenvalue weighted by molar-refractivity contribution is 5.98. The van der Waals surface area contributed by atoms with Crippen LogP contribution in [0.2, 0.25) is 0 Å². The van der Waals surface area contributed by atoms with Crippen LogP contribution in [0, 0.1) is 5.41 Å². The van der Waals surface area contributed by atoms with Gasteiger partial charge in [-0.15, -0.1) is 0 Å². The van der Waals surface area contributed by atoms with Gasteiger partial charge in [0.2, 0.25) is 5.91 Å². The number of aryl methyl sites for hydroxylation is 1. The average Bonchev–Trinajstić information content (AvgIpc) is 2.78. The van der Waals surface area contributed by atoms with Crippen molar-refractivity contribution in [2.75, 3.05) is 49.1 Å². The lowest BCUT2D eigenvalue weighted by atomic mass is 9.91. The van der Waals surface area contributed by atoms with E-state index in [1.54, 1.807) is 0 Å². The Hall–Kier alpha value is -2.44. The molecule has 4 rings (SSSR count). The third kappa shape index (κ3) is 4.91. The molecule has 1 atom stereocenters. The smallest absolute Gasteiger partial charge is 0.232 e. The summed E-state index contributed by atoms with van der Waals surface area (Å²) in [7, 11) is 0. The summed E-state index contributed by atoms with van der Waals surface area (Å²) in [5, 5.41) is 10.9. The van der Waals surface area contributed by atoms with Gasteiger partial charge in [0, 0.05) is 56.6 Å². The summed E-state index contributed by atoms with van der Waals surface area (Å²) in [5.41, 5.74) is 2.71. The molecular formula is C25H34N4O2. The van der Waals surface area contributed by atoms with Crippen LogP contribution in [0.5, 0.6) is 0 Å². The fraction of sp³-hybridized carbons (Fsp3) is 0.520. The molecule has 1 amide bonds. The number of carbonyl (C=O) groups is 1. The number of hydrogen-bond acceptors (Lipinski definition) is 5. The molecule has 1 N–H and O–H groups in total. The third-order valence-corrected chi connectivity index (χ3v) is 6.27. The topological polar surface area (TPSA) is 59.9 Å². The Labute approximate surface area is 185 Å². The minimum atomic E-state index is -0.527. The number of anilines is 2. The summed E-state index contributed by atoms with van der Waals surface area (Å²) in [6.45, 7) is 10.9. The van der Waals surface area contributed by atoms with E-state index < -0.39 is 11.5 Å². The van der Waals surface area contributed by atoms with Crippen LogP contribution in [0.1, 0.15) is 44.4 Å². The lowest BCUT2D eigenvalue weighted by Gasteiger charge is -2.36. The molecule has 2 aliphatic rings. The van der Waals surface area contributed by atoms with Crippen LogP contribution in [0.3, 0.4) is 0 Å². The van der Waals surface area contributed by atoms with Gasteiger partial charge in [-0.05, 0) is 42.2 Å². The molecule has 3 heterocycles. The number of β-amino-alcohol motifs (C(OH)–C–C–N with tert-alkyl or cyclic N) is 1. The number of pyridine rings is 1.